The molecule has 2 aliphatic heterocycles. The van der Waals surface area contributed by atoms with Crippen LogP contribution in [0.15, 0.2) is 66.6 Å². The maximum absolute atomic E-state index is 14.0. The van der Waals surface area contributed by atoms with Crippen molar-refractivity contribution in [2.24, 2.45) is 5.92 Å². The summed E-state index contributed by atoms with van der Waals surface area (Å²) in [6.07, 6.45) is 10.1. The smallest absolute Gasteiger partial charge is 0.410 e. The van der Waals surface area contributed by atoms with Gasteiger partial charge in [0.1, 0.15) is 22.5 Å². The number of ether oxygens (including phenoxy) is 2. The zero-order valence-corrected chi connectivity index (χ0v) is 26.1. The first-order valence-corrected chi connectivity index (χ1v) is 15.8. The van der Waals surface area contributed by atoms with Crippen LogP contribution in [0.1, 0.15) is 51.6 Å². The Labute approximate surface area is 261 Å². The van der Waals surface area contributed by atoms with Gasteiger partial charge in [-0.1, -0.05) is 30.4 Å². The van der Waals surface area contributed by atoms with Gasteiger partial charge in [0, 0.05) is 35.9 Å². The highest BCUT2D eigenvalue weighted by atomic mass is 32.1. The molecule has 3 heterocycles. The highest BCUT2D eigenvalue weighted by molar-refractivity contribution is 7.13. The van der Waals surface area contributed by atoms with Crippen LogP contribution in [0.2, 0.25) is 0 Å². The maximum Gasteiger partial charge on any atom is 0.410 e. The van der Waals surface area contributed by atoms with Gasteiger partial charge in [0.05, 0.1) is 24.4 Å². The summed E-state index contributed by atoms with van der Waals surface area (Å²) in [6, 6.07) is 4.63. The van der Waals surface area contributed by atoms with E-state index in [-0.39, 0.29) is 48.7 Å². The van der Waals surface area contributed by atoms with Crippen LogP contribution in [0.4, 0.5) is 14.0 Å². The molecule has 1 aromatic carbocycles. The second-order valence-electron chi connectivity index (χ2n) is 12.3. The van der Waals surface area contributed by atoms with Crippen molar-refractivity contribution in [3.05, 3.63) is 78.1 Å². The summed E-state index contributed by atoms with van der Waals surface area (Å²) in [7, 11) is 0. The quantitative estimate of drug-likeness (QED) is 0.360. The van der Waals surface area contributed by atoms with Crippen molar-refractivity contribution in [2.75, 3.05) is 19.7 Å². The number of carbonyl (C=O) groups excluding carboxylic acids is 3. The van der Waals surface area contributed by atoms with Gasteiger partial charge < -0.3 is 24.6 Å². The van der Waals surface area contributed by atoms with Crippen molar-refractivity contribution in [3.8, 4) is 10.6 Å². The molecule has 9 nitrogen and oxygen atoms in total. The number of amides is 3. The van der Waals surface area contributed by atoms with Gasteiger partial charge in [-0.05, 0) is 64.3 Å². The number of fused-ring (bicyclic) bond motifs is 1. The first-order chi connectivity index (χ1) is 21.0. The molecule has 2 aromatic rings. The normalized spacial score (nSPS) is 23.3. The molecule has 44 heavy (non-hydrogen) atoms. The van der Waals surface area contributed by atoms with Crippen molar-refractivity contribution in [1.82, 2.24) is 20.1 Å². The topological polar surface area (TPSA) is 101 Å². The number of carbonyl (C=O) groups is 3. The van der Waals surface area contributed by atoms with Crippen molar-refractivity contribution in [2.45, 2.75) is 69.7 Å². The van der Waals surface area contributed by atoms with Gasteiger partial charge in [-0.3, -0.25) is 4.79 Å². The fourth-order valence-electron chi connectivity index (χ4n) is 6.05. The van der Waals surface area contributed by atoms with Crippen LogP contribution in [0.25, 0.3) is 10.6 Å². The van der Waals surface area contributed by atoms with E-state index in [0.717, 1.165) is 22.7 Å². The Bertz CT molecular complexity index is 1430. The Balaban J connectivity index is 1.39. The number of nitrogens with zero attached hydrogens (tertiary/aromatic N) is 3. The SMILES string of the molecule is C=CCC(NC(=O)OC(C)(C)C)C(=O)N1CC[C@@H]2[C@H]1[C@@H](c1csc(-c3ccc(F)cc3)n1)CN2C(=O)OCC1C=CC=CC1. The number of alkyl carbamates (subject to hydrolysis) is 1. The molecule has 234 valence electrons. The predicted octanol–water partition coefficient (Wildman–Crippen LogP) is 6.06. The van der Waals surface area contributed by atoms with Gasteiger partial charge in [0.2, 0.25) is 5.91 Å². The van der Waals surface area contributed by atoms with E-state index in [1.165, 1.54) is 23.5 Å². The van der Waals surface area contributed by atoms with E-state index < -0.39 is 23.8 Å². The van der Waals surface area contributed by atoms with E-state index in [1.807, 2.05) is 29.7 Å². The molecule has 11 heteroatoms. The number of likely N-dealkylation sites (tertiary alicyclic amines) is 2. The molecule has 3 amide bonds. The van der Waals surface area contributed by atoms with Crippen molar-refractivity contribution in [1.29, 1.82) is 0 Å². The average Bonchev–Trinajstić information content (AvgIpc) is 3.72. The number of halogens is 1. The Morgan fingerprint density at radius 1 is 1.20 bits per heavy atom. The third-order valence-electron chi connectivity index (χ3n) is 8.02. The number of allylic oxidation sites excluding steroid dienone is 3. The first kappa shape index (κ1) is 31.4. The van der Waals surface area contributed by atoms with Crippen LogP contribution in [0, 0.1) is 11.7 Å². The molecule has 0 radical (unpaired) electrons. The monoisotopic (exact) mass is 622 g/mol. The van der Waals surface area contributed by atoms with Gasteiger partial charge in [0.15, 0.2) is 0 Å². The molecular weight excluding hydrogens is 583 g/mol. The molecule has 0 spiro atoms. The lowest BCUT2D eigenvalue weighted by Gasteiger charge is -2.31. The first-order valence-electron chi connectivity index (χ1n) is 14.9. The number of nitrogens with one attached hydrogen (secondary N) is 1. The summed E-state index contributed by atoms with van der Waals surface area (Å²) in [4.78, 5) is 48.5. The molecule has 0 saturated carbocycles. The van der Waals surface area contributed by atoms with Gasteiger partial charge in [-0.2, -0.15) is 0 Å². The molecule has 2 unspecified atom stereocenters. The lowest BCUT2D eigenvalue weighted by Crippen LogP contribution is -2.52. The van der Waals surface area contributed by atoms with Crippen LogP contribution >= 0.6 is 11.3 Å². The summed E-state index contributed by atoms with van der Waals surface area (Å²) in [5, 5.41) is 5.39. The van der Waals surface area contributed by atoms with Crippen LogP contribution < -0.4 is 5.32 Å². The van der Waals surface area contributed by atoms with E-state index in [0.29, 0.717) is 19.5 Å². The minimum Gasteiger partial charge on any atom is -0.449 e. The minimum atomic E-state index is -0.876. The Morgan fingerprint density at radius 2 is 1.98 bits per heavy atom. The summed E-state index contributed by atoms with van der Waals surface area (Å²) in [5.41, 5.74) is 0.813. The molecule has 0 bridgehead atoms. The number of thiazole rings is 1. The van der Waals surface area contributed by atoms with Crippen molar-refractivity contribution < 1.29 is 28.2 Å². The van der Waals surface area contributed by atoms with Crippen molar-refractivity contribution >= 4 is 29.4 Å². The Morgan fingerprint density at radius 3 is 2.66 bits per heavy atom. The van der Waals surface area contributed by atoms with Crippen LogP contribution in [-0.2, 0) is 14.3 Å². The molecule has 2 saturated heterocycles. The summed E-state index contributed by atoms with van der Waals surface area (Å²) in [6.45, 7) is 10.1. The van der Waals surface area contributed by atoms with E-state index in [4.69, 9.17) is 14.5 Å². The second kappa shape index (κ2) is 13.3. The lowest BCUT2D eigenvalue weighted by atomic mass is 9.96. The van der Waals surface area contributed by atoms with E-state index in [9.17, 15) is 18.8 Å². The zero-order valence-electron chi connectivity index (χ0n) is 25.3. The highest BCUT2D eigenvalue weighted by Crippen LogP contribution is 2.42. The van der Waals surface area contributed by atoms with Gasteiger partial charge in [-0.25, -0.2) is 19.0 Å². The summed E-state index contributed by atoms with van der Waals surface area (Å²) < 4.78 is 24.7. The Kier molecular flexibility index (Phi) is 9.53. The number of hydrogen-bond acceptors (Lipinski definition) is 7. The molecule has 5 rings (SSSR count). The standard InChI is InChI=1S/C33H39FN4O5S/c1-5-9-25(36-31(40)43-33(2,3)4)30(39)37-17-16-27-28(37)24(18-38(27)32(41)42-19-21-10-7-6-8-11-21)26-20-44-29(35-26)22-12-14-23(34)15-13-22/h5-8,10,12-15,20-21,24-25,27-28H,1,9,11,16-19H2,2-4H3,(H,36,40)/t21?,24-,25?,27-,28-/m1/s1. The van der Waals surface area contributed by atoms with Gasteiger partial charge in [-0.15, -0.1) is 17.9 Å². The molecule has 1 aromatic heterocycles. The predicted molar refractivity (Wildman–Crippen MR) is 167 cm³/mol. The number of benzene rings is 1. The van der Waals surface area contributed by atoms with Crippen LogP contribution in [-0.4, -0.2) is 76.3 Å². The van der Waals surface area contributed by atoms with Gasteiger partial charge >= 0.3 is 12.2 Å². The van der Waals surface area contributed by atoms with Gasteiger partial charge in [0.25, 0.3) is 0 Å². The third kappa shape index (κ3) is 7.20. The van der Waals surface area contributed by atoms with E-state index in [1.54, 1.807) is 48.8 Å². The van der Waals surface area contributed by atoms with E-state index in [2.05, 4.69) is 11.9 Å². The second-order valence-corrected chi connectivity index (χ2v) is 13.2. The highest BCUT2D eigenvalue weighted by Gasteiger charge is 2.54. The Hall–Kier alpha value is -3.99. The maximum atomic E-state index is 14.0. The summed E-state index contributed by atoms with van der Waals surface area (Å²) in [5.74, 6) is -0.758. The zero-order chi connectivity index (χ0) is 31.4. The molecule has 5 atom stereocenters. The molecule has 1 aliphatic carbocycles. The fourth-order valence-corrected chi connectivity index (χ4v) is 6.94. The fraction of sp³-hybridized carbons (Fsp3) is 0.455. The number of aromatic nitrogens is 1. The van der Waals surface area contributed by atoms with Crippen LogP contribution in [0.5, 0.6) is 0 Å². The molecule has 3 aliphatic rings. The van der Waals surface area contributed by atoms with Crippen molar-refractivity contribution in [3.63, 3.8) is 0 Å². The molecular formula is C33H39FN4O5S. The molecule has 1 N–H and O–H groups in total. The third-order valence-corrected chi connectivity index (χ3v) is 8.93. The number of rotatable bonds is 8. The average molecular weight is 623 g/mol. The van der Waals surface area contributed by atoms with E-state index >= 15 is 0 Å². The van der Waals surface area contributed by atoms with Crippen LogP contribution in [0.3, 0.4) is 0 Å². The molecule has 2 fully saturated rings. The number of hydrogen-bond donors (Lipinski definition) is 1. The summed E-state index contributed by atoms with van der Waals surface area (Å²) >= 11 is 1.43. The largest absolute Gasteiger partial charge is 0.449 e. The minimum absolute atomic E-state index is 0.121. The lowest BCUT2D eigenvalue weighted by molar-refractivity contribution is -0.134.